The van der Waals surface area contributed by atoms with Crippen LogP contribution in [0.2, 0.25) is 0 Å². The number of amides is 1. The van der Waals surface area contributed by atoms with Crippen LogP contribution in [0.4, 0.5) is 0 Å². The van der Waals surface area contributed by atoms with Gasteiger partial charge in [0.25, 0.3) is 5.91 Å². The molecule has 1 amide bonds. The van der Waals surface area contributed by atoms with Crippen LogP contribution in [0.3, 0.4) is 0 Å². The molecule has 24 heavy (non-hydrogen) atoms. The zero-order chi connectivity index (χ0) is 18.1. The maximum atomic E-state index is 12.6. The van der Waals surface area contributed by atoms with E-state index in [1.54, 1.807) is 37.1 Å². The van der Waals surface area contributed by atoms with Crippen molar-refractivity contribution in [2.45, 2.75) is 27.3 Å². The summed E-state index contributed by atoms with van der Waals surface area (Å²) in [6.45, 7) is 7.16. The zero-order valence-corrected chi connectivity index (χ0v) is 14.5. The van der Waals surface area contributed by atoms with Gasteiger partial charge in [-0.25, -0.2) is 0 Å². The van der Waals surface area contributed by atoms with Crippen LogP contribution in [0.5, 0.6) is 0 Å². The first kappa shape index (κ1) is 17.9. The number of carbonyl (C=O) groups is 1. The van der Waals surface area contributed by atoms with E-state index in [4.69, 9.17) is 5.73 Å². The molecule has 0 saturated heterocycles. The highest BCUT2D eigenvalue weighted by Gasteiger charge is 2.22. The maximum absolute atomic E-state index is 12.6. The lowest BCUT2D eigenvalue weighted by molar-refractivity contribution is 0.0740. The Balaban J connectivity index is 2.44. The van der Waals surface area contributed by atoms with Gasteiger partial charge in [0.1, 0.15) is 0 Å². The van der Waals surface area contributed by atoms with E-state index >= 15 is 0 Å². The first-order valence-electron chi connectivity index (χ1n) is 7.92. The van der Waals surface area contributed by atoms with Crippen molar-refractivity contribution in [1.29, 1.82) is 0 Å². The number of aromatic amines is 1. The highest BCUT2D eigenvalue weighted by atomic mass is 16.2. The summed E-state index contributed by atoms with van der Waals surface area (Å²) in [4.78, 5) is 40.4. The fourth-order valence-corrected chi connectivity index (χ4v) is 2.73. The van der Waals surface area contributed by atoms with Crippen molar-refractivity contribution in [3.63, 3.8) is 0 Å². The summed E-state index contributed by atoms with van der Waals surface area (Å²) in [6, 6.07) is 4.96. The van der Waals surface area contributed by atoms with Gasteiger partial charge < -0.3 is 20.2 Å². The van der Waals surface area contributed by atoms with Crippen LogP contribution in [0.15, 0.2) is 27.8 Å². The summed E-state index contributed by atoms with van der Waals surface area (Å²) in [5.41, 5.74) is 5.78. The van der Waals surface area contributed by atoms with E-state index < -0.39 is 11.1 Å². The molecule has 0 fully saturated rings. The van der Waals surface area contributed by atoms with Gasteiger partial charge >= 0.3 is 11.1 Å². The standard InChI is InChI=1S/C17H24N4O3/c1-5-21-13-7-6-11(8-12(13)19-14(22)16(21)24)15(23)20(4)10-17(2,3)9-18/h6-8H,5,9-10,18H2,1-4H3,(H,19,22). The van der Waals surface area contributed by atoms with Crippen molar-refractivity contribution in [3.05, 3.63) is 44.5 Å². The number of benzene rings is 1. The Kier molecular flexibility index (Phi) is 4.94. The number of aryl methyl sites for hydroxylation is 1. The Morgan fingerprint density at radius 1 is 1.33 bits per heavy atom. The number of hydrogen-bond acceptors (Lipinski definition) is 4. The Hall–Kier alpha value is -2.41. The molecule has 0 aliphatic heterocycles. The molecule has 0 aliphatic rings. The number of aromatic nitrogens is 2. The number of nitrogens with one attached hydrogen (secondary N) is 1. The minimum atomic E-state index is -0.688. The van der Waals surface area contributed by atoms with E-state index in [1.165, 1.54) is 4.57 Å². The van der Waals surface area contributed by atoms with Crippen LogP contribution < -0.4 is 16.9 Å². The highest BCUT2D eigenvalue weighted by Crippen LogP contribution is 2.17. The van der Waals surface area contributed by atoms with Crippen LogP contribution >= 0.6 is 0 Å². The maximum Gasteiger partial charge on any atom is 0.316 e. The minimum Gasteiger partial charge on any atom is -0.341 e. The van der Waals surface area contributed by atoms with Crippen molar-refractivity contribution in [2.75, 3.05) is 20.1 Å². The number of fused-ring (bicyclic) bond motifs is 1. The third-order valence-electron chi connectivity index (χ3n) is 4.10. The molecule has 0 radical (unpaired) electrons. The van der Waals surface area contributed by atoms with Gasteiger partial charge in [0.2, 0.25) is 0 Å². The van der Waals surface area contributed by atoms with Crippen molar-refractivity contribution in [1.82, 2.24) is 14.5 Å². The summed E-state index contributed by atoms with van der Waals surface area (Å²) in [5, 5.41) is 0. The molecule has 1 heterocycles. The summed E-state index contributed by atoms with van der Waals surface area (Å²) < 4.78 is 1.39. The van der Waals surface area contributed by atoms with Gasteiger partial charge in [0.05, 0.1) is 11.0 Å². The third-order valence-corrected chi connectivity index (χ3v) is 4.10. The van der Waals surface area contributed by atoms with Crippen molar-refractivity contribution < 1.29 is 4.79 Å². The molecule has 2 rings (SSSR count). The van der Waals surface area contributed by atoms with E-state index in [0.29, 0.717) is 36.2 Å². The average molecular weight is 332 g/mol. The molecule has 0 atom stereocenters. The quantitative estimate of drug-likeness (QED) is 0.790. The second-order valence-electron chi connectivity index (χ2n) is 6.77. The zero-order valence-electron chi connectivity index (χ0n) is 14.5. The number of nitrogens with zero attached hydrogens (tertiary/aromatic N) is 2. The van der Waals surface area contributed by atoms with Crippen LogP contribution in [0.25, 0.3) is 11.0 Å². The molecular weight excluding hydrogens is 308 g/mol. The molecule has 0 aliphatic carbocycles. The topological polar surface area (TPSA) is 101 Å². The first-order valence-corrected chi connectivity index (χ1v) is 7.92. The predicted molar refractivity (Wildman–Crippen MR) is 94.3 cm³/mol. The largest absolute Gasteiger partial charge is 0.341 e. The van der Waals surface area contributed by atoms with Crippen molar-refractivity contribution >= 4 is 16.9 Å². The van der Waals surface area contributed by atoms with Gasteiger partial charge in [-0.15, -0.1) is 0 Å². The number of nitrogens with two attached hydrogens (primary N) is 1. The molecule has 0 unspecified atom stereocenters. The van der Waals surface area contributed by atoms with Crippen LogP contribution in [-0.2, 0) is 6.54 Å². The normalized spacial score (nSPS) is 11.7. The monoisotopic (exact) mass is 332 g/mol. The Morgan fingerprint density at radius 3 is 2.58 bits per heavy atom. The molecule has 2 aromatic rings. The smallest absolute Gasteiger partial charge is 0.316 e. The van der Waals surface area contributed by atoms with Crippen LogP contribution in [0.1, 0.15) is 31.1 Å². The number of rotatable bonds is 5. The molecule has 7 heteroatoms. The average Bonchev–Trinajstić information content (AvgIpc) is 2.54. The lowest BCUT2D eigenvalue weighted by Crippen LogP contribution is -2.40. The van der Waals surface area contributed by atoms with Crippen LogP contribution in [-0.4, -0.2) is 40.5 Å². The molecular formula is C17H24N4O3. The predicted octanol–water partition coefficient (Wildman–Crippen LogP) is 0.767. The van der Waals surface area contributed by atoms with E-state index in [1.807, 2.05) is 13.8 Å². The molecule has 1 aromatic heterocycles. The minimum absolute atomic E-state index is 0.159. The summed E-state index contributed by atoms with van der Waals surface area (Å²) in [7, 11) is 1.72. The first-order chi connectivity index (χ1) is 11.2. The fraction of sp³-hybridized carbons (Fsp3) is 0.471. The van der Waals surface area contributed by atoms with E-state index in [0.717, 1.165) is 0 Å². The van der Waals surface area contributed by atoms with Gasteiger partial charge in [-0.2, -0.15) is 0 Å². The summed E-state index contributed by atoms with van der Waals surface area (Å²) in [6.07, 6.45) is 0. The van der Waals surface area contributed by atoms with Crippen molar-refractivity contribution in [2.24, 2.45) is 11.1 Å². The molecule has 3 N–H and O–H groups in total. The van der Waals surface area contributed by atoms with Gasteiger partial charge in [-0.3, -0.25) is 14.4 Å². The fourth-order valence-electron chi connectivity index (χ4n) is 2.73. The Labute approximate surface area is 140 Å². The summed E-state index contributed by atoms with van der Waals surface area (Å²) >= 11 is 0. The molecule has 0 saturated carbocycles. The molecule has 0 bridgehead atoms. The summed E-state index contributed by atoms with van der Waals surface area (Å²) in [5.74, 6) is -0.159. The van der Waals surface area contributed by atoms with Crippen molar-refractivity contribution in [3.8, 4) is 0 Å². The second-order valence-corrected chi connectivity index (χ2v) is 6.77. The lowest BCUT2D eigenvalue weighted by atomic mass is 9.93. The van der Waals surface area contributed by atoms with E-state index in [2.05, 4.69) is 4.98 Å². The number of H-pyrrole nitrogens is 1. The highest BCUT2D eigenvalue weighted by molar-refractivity contribution is 5.97. The van der Waals surface area contributed by atoms with Crippen LogP contribution in [0, 0.1) is 5.41 Å². The van der Waals surface area contributed by atoms with E-state index in [9.17, 15) is 14.4 Å². The second kappa shape index (κ2) is 6.60. The van der Waals surface area contributed by atoms with Gasteiger partial charge in [-0.05, 0) is 37.1 Å². The van der Waals surface area contributed by atoms with E-state index in [-0.39, 0.29) is 11.3 Å². The number of hydrogen-bond donors (Lipinski definition) is 2. The Morgan fingerprint density at radius 2 is 2.00 bits per heavy atom. The molecule has 1 aromatic carbocycles. The molecule has 130 valence electrons. The lowest BCUT2D eigenvalue weighted by Gasteiger charge is -2.29. The number of carbonyl (C=O) groups excluding carboxylic acids is 1. The van der Waals surface area contributed by atoms with Gasteiger partial charge in [0.15, 0.2) is 0 Å². The molecule has 7 nitrogen and oxygen atoms in total. The molecule has 0 spiro atoms. The third kappa shape index (κ3) is 3.41. The SMILES string of the molecule is CCn1c(=O)c(=O)[nH]c2cc(C(=O)N(C)CC(C)(C)CN)ccc21. The Bertz CT molecular complexity index is 880. The van der Waals surface area contributed by atoms with Gasteiger partial charge in [-0.1, -0.05) is 13.8 Å². The van der Waals surface area contributed by atoms with Gasteiger partial charge in [0, 0.05) is 25.7 Å².